The van der Waals surface area contributed by atoms with E-state index in [1.54, 1.807) is 30.3 Å². The highest BCUT2D eigenvalue weighted by Gasteiger charge is 2.07. The van der Waals surface area contributed by atoms with Gasteiger partial charge in [0, 0.05) is 16.8 Å². The normalized spacial score (nSPS) is 10.1. The largest absolute Gasteiger partial charge is 0.504 e. The lowest BCUT2D eigenvalue weighted by atomic mass is 10.2. The van der Waals surface area contributed by atoms with Crippen LogP contribution < -0.4 is 14.8 Å². The number of phenolic OH excluding ortho intramolecular Hbond substituents is 1. The fourth-order valence-corrected chi connectivity index (χ4v) is 1.94. The number of benzene rings is 2. The zero-order chi connectivity index (χ0) is 16.1. The number of hydrogen-bond donors (Lipinski definition) is 2. The fourth-order valence-electron chi connectivity index (χ4n) is 1.82. The fraction of sp³-hybridized carbons (Fsp3) is 0.188. The van der Waals surface area contributed by atoms with Crippen LogP contribution in [0.3, 0.4) is 0 Å². The van der Waals surface area contributed by atoms with Crippen LogP contribution in [0.4, 0.5) is 5.69 Å². The van der Waals surface area contributed by atoms with Crippen molar-refractivity contribution in [2.45, 2.75) is 6.92 Å². The molecule has 0 spiro atoms. The van der Waals surface area contributed by atoms with Crippen molar-refractivity contribution in [2.24, 2.45) is 0 Å². The summed E-state index contributed by atoms with van der Waals surface area (Å²) in [6, 6.07) is 9.77. The van der Waals surface area contributed by atoms with Gasteiger partial charge in [0.1, 0.15) is 5.75 Å². The molecule has 0 saturated heterocycles. The van der Waals surface area contributed by atoms with Crippen LogP contribution in [0, 0.1) is 6.92 Å². The number of aromatic hydroxyl groups is 1. The Morgan fingerprint density at radius 3 is 2.68 bits per heavy atom. The molecule has 0 fully saturated rings. The van der Waals surface area contributed by atoms with Crippen molar-refractivity contribution in [1.82, 2.24) is 0 Å². The van der Waals surface area contributed by atoms with Gasteiger partial charge >= 0.3 is 0 Å². The van der Waals surface area contributed by atoms with Crippen LogP contribution in [0.15, 0.2) is 36.4 Å². The molecule has 2 aromatic carbocycles. The van der Waals surface area contributed by atoms with Crippen LogP contribution >= 0.6 is 11.6 Å². The lowest BCUT2D eigenvalue weighted by Crippen LogP contribution is -2.20. The number of phenols is 1. The third-order valence-corrected chi connectivity index (χ3v) is 3.39. The molecule has 0 heterocycles. The van der Waals surface area contributed by atoms with Crippen LogP contribution in [0.2, 0.25) is 5.02 Å². The Labute approximate surface area is 133 Å². The van der Waals surface area contributed by atoms with Crippen LogP contribution in [-0.2, 0) is 4.79 Å². The highest BCUT2D eigenvalue weighted by atomic mass is 35.5. The van der Waals surface area contributed by atoms with Gasteiger partial charge in [-0.15, -0.1) is 0 Å². The van der Waals surface area contributed by atoms with Gasteiger partial charge in [0.25, 0.3) is 5.91 Å². The number of carbonyl (C=O) groups excluding carboxylic acids is 1. The Balaban J connectivity index is 1.92. The minimum Gasteiger partial charge on any atom is -0.504 e. The van der Waals surface area contributed by atoms with E-state index in [0.717, 1.165) is 5.56 Å². The second kappa shape index (κ2) is 7.04. The van der Waals surface area contributed by atoms with E-state index in [-0.39, 0.29) is 18.3 Å². The summed E-state index contributed by atoms with van der Waals surface area (Å²) in [7, 11) is 1.45. The first-order chi connectivity index (χ1) is 10.5. The molecule has 2 aromatic rings. The molecule has 0 saturated carbocycles. The van der Waals surface area contributed by atoms with E-state index in [9.17, 15) is 9.90 Å². The zero-order valence-electron chi connectivity index (χ0n) is 12.2. The highest BCUT2D eigenvalue weighted by molar-refractivity contribution is 6.31. The minimum atomic E-state index is -0.336. The first kappa shape index (κ1) is 16.0. The molecule has 6 heteroatoms. The van der Waals surface area contributed by atoms with Crippen LogP contribution in [0.25, 0.3) is 0 Å². The average Bonchev–Trinajstić information content (AvgIpc) is 2.49. The number of ether oxygens (including phenoxy) is 2. The predicted molar refractivity (Wildman–Crippen MR) is 85.0 cm³/mol. The van der Waals surface area contributed by atoms with Crippen molar-refractivity contribution in [2.75, 3.05) is 19.0 Å². The van der Waals surface area contributed by atoms with E-state index in [1.165, 1.54) is 13.2 Å². The number of nitrogens with one attached hydrogen (secondary N) is 1. The summed E-state index contributed by atoms with van der Waals surface area (Å²) in [5, 5.41) is 12.9. The number of anilines is 1. The van der Waals surface area contributed by atoms with Crippen LogP contribution in [-0.4, -0.2) is 24.7 Å². The summed E-state index contributed by atoms with van der Waals surface area (Å²) in [4.78, 5) is 11.8. The Hall–Kier alpha value is -2.40. The summed E-state index contributed by atoms with van der Waals surface area (Å²) in [5.74, 6) is 0.521. The number of amides is 1. The lowest BCUT2D eigenvalue weighted by Gasteiger charge is -2.10. The maximum Gasteiger partial charge on any atom is 0.262 e. The Morgan fingerprint density at radius 2 is 2.05 bits per heavy atom. The molecule has 5 nitrogen and oxygen atoms in total. The van der Waals surface area contributed by atoms with Crippen molar-refractivity contribution in [1.29, 1.82) is 0 Å². The van der Waals surface area contributed by atoms with E-state index in [0.29, 0.717) is 22.2 Å². The topological polar surface area (TPSA) is 67.8 Å². The molecule has 0 bridgehead atoms. The monoisotopic (exact) mass is 321 g/mol. The molecule has 0 atom stereocenters. The van der Waals surface area contributed by atoms with Gasteiger partial charge in [0.2, 0.25) is 0 Å². The van der Waals surface area contributed by atoms with Crippen molar-refractivity contribution < 1.29 is 19.4 Å². The van der Waals surface area contributed by atoms with Crippen molar-refractivity contribution in [3.8, 4) is 17.2 Å². The molecule has 0 aliphatic carbocycles. The number of aryl methyl sites for hydroxylation is 1. The van der Waals surface area contributed by atoms with Gasteiger partial charge in [-0.3, -0.25) is 4.79 Å². The Kier molecular flexibility index (Phi) is 5.12. The third kappa shape index (κ3) is 4.05. The quantitative estimate of drug-likeness (QED) is 0.886. The highest BCUT2D eigenvalue weighted by Crippen LogP contribution is 2.28. The van der Waals surface area contributed by atoms with Gasteiger partial charge in [-0.2, -0.15) is 0 Å². The van der Waals surface area contributed by atoms with Gasteiger partial charge in [0.15, 0.2) is 18.1 Å². The average molecular weight is 322 g/mol. The maximum absolute atomic E-state index is 11.8. The van der Waals surface area contributed by atoms with E-state index >= 15 is 0 Å². The lowest BCUT2D eigenvalue weighted by molar-refractivity contribution is -0.118. The summed E-state index contributed by atoms with van der Waals surface area (Å²) < 4.78 is 10.3. The molecular formula is C16H16ClNO4. The second-order valence-corrected chi connectivity index (χ2v) is 5.04. The number of hydrogen-bond acceptors (Lipinski definition) is 4. The van der Waals surface area contributed by atoms with Crippen LogP contribution in [0.5, 0.6) is 17.2 Å². The Morgan fingerprint density at radius 1 is 1.27 bits per heavy atom. The van der Waals surface area contributed by atoms with Crippen molar-refractivity contribution in [3.63, 3.8) is 0 Å². The summed E-state index contributed by atoms with van der Waals surface area (Å²) >= 11 is 5.92. The molecule has 0 aromatic heterocycles. The molecule has 0 aliphatic heterocycles. The van der Waals surface area contributed by atoms with E-state index < -0.39 is 0 Å². The SMILES string of the molecule is COc1ccc(NC(=O)COc2ccc(Cl)c(C)c2)cc1O. The smallest absolute Gasteiger partial charge is 0.262 e. The van der Waals surface area contributed by atoms with Gasteiger partial charge in [-0.25, -0.2) is 0 Å². The molecular weight excluding hydrogens is 306 g/mol. The Bertz CT molecular complexity index is 688. The van der Waals surface area contributed by atoms with E-state index in [4.69, 9.17) is 21.1 Å². The standard InChI is InChI=1S/C16H16ClNO4/c1-10-7-12(4-5-13(10)17)22-9-16(20)18-11-3-6-15(21-2)14(19)8-11/h3-8,19H,9H2,1-2H3,(H,18,20). The van der Waals surface area contributed by atoms with E-state index in [2.05, 4.69) is 5.32 Å². The third-order valence-electron chi connectivity index (χ3n) is 2.96. The van der Waals surface area contributed by atoms with Gasteiger partial charge in [-0.05, 0) is 42.8 Å². The zero-order valence-corrected chi connectivity index (χ0v) is 13.0. The van der Waals surface area contributed by atoms with Gasteiger partial charge < -0.3 is 19.9 Å². The first-order valence-electron chi connectivity index (χ1n) is 6.55. The number of methoxy groups -OCH3 is 1. The molecule has 22 heavy (non-hydrogen) atoms. The first-order valence-corrected chi connectivity index (χ1v) is 6.93. The molecule has 0 unspecified atom stereocenters. The van der Waals surface area contributed by atoms with Crippen LogP contribution in [0.1, 0.15) is 5.56 Å². The molecule has 2 rings (SSSR count). The van der Waals surface area contributed by atoms with Crippen molar-refractivity contribution in [3.05, 3.63) is 47.0 Å². The van der Waals surface area contributed by atoms with Gasteiger partial charge in [-0.1, -0.05) is 11.6 Å². The molecule has 1 amide bonds. The van der Waals surface area contributed by atoms with Gasteiger partial charge in [0.05, 0.1) is 7.11 Å². The second-order valence-electron chi connectivity index (χ2n) is 4.63. The molecule has 2 N–H and O–H groups in total. The summed E-state index contributed by atoms with van der Waals surface area (Å²) in [5.41, 5.74) is 1.33. The van der Waals surface area contributed by atoms with Crippen molar-refractivity contribution >= 4 is 23.2 Å². The predicted octanol–water partition coefficient (Wildman–Crippen LogP) is 3.38. The molecule has 0 aliphatic rings. The number of halogens is 1. The maximum atomic E-state index is 11.8. The molecule has 0 radical (unpaired) electrons. The number of rotatable bonds is 5. The van der Waals surface area contributed by atoms with E-state index in [1.807, 2.05) is 6.92 Å². The minimum absolute atomic E-state index is 0.0467. The summed E-state index contributed by atoms with van der Waals surface area (Å²) in [6.45, 7) is 1.71. The molecule has 116 valence electrons. The summed E-state index contributed by atoms with van der Waals surface area (Å²) in [6.07, 6.45) is 0. The number of carbonyl (C=O) groups is 1.